The van der Waals surface area contributed by atoms with Gasteiger partial charge >= 0.3 is 0 Å². The lowest BCUT2D eigenvalue weighted by molar-refractivity contribution is -0.384. The van der Waals surface area contributed by atoms with Crippen molar-refractivity contribution in [3.05, 3.63) is 76.1 Å². The van der Waals surface area contributed by atoms with Crippen molar-refractivity contribution in [1.29, 1.82) is 0 Å². The highest BCUT2D eigenvalue weighted by Crippen LogP contribution is 2.38. The first-order valence-electron chi connectivity index (χ1n) is 8.40. The number of rotatable bonds is 4. The van der Waals surface area contributed by atoms with Gasteiger partial charge in [0.05, 0.1) is 11.0 Å². The van der Waals surface area contributed by atoms with E-state index in [0.29, 0.717) is 17.1 Å². The standard InChI is InChI=1S/C18H14FN5O3S/c19-13-3-1-2-12-14(6-7-28-17(12)13)22-18(25)11-4-5-15(16(8-11)24(26)27)23-10-20-9-21-23/h1-5,8-10,14H,6-7H2,(H,22,25)/t14-/m0/s1. The molecule has 1 aliphatic heterocycles. The number of hydrogen-bond donors (Lipinski definition) is 1. The van der Waals surface area contributed by atoms with Gasteiger partial charge in [-0.15, -0.1) is 11.8 Å². The van der Waals surface area contributed by atoms with Gasteiger partial charge in [-0.1, -0.05) is 12.1 Å². The van der Waals surface area contributed by atoms with Crippen LogP contribution in [0, 0.1) is 15.9 Å². The Morgan fingerprint density at radius 2 is 2.21 bits per heavy atom. The van der Waals surface area contributed by atoms with Crippen LogP contribution in [0.3, 0.4) is 0 Å². The van der Waals surface area contributed by atoms with Gasteiger partial charge in [-0.2, -0.15) is 5.10 Å². The Bertz CT molecular complexity index is 1060. The third-order valence-electron chi connectivity index (χ3n) is 4.43. The Morgan fingerprint density at radius 1 is 1.36 bits per heavy atom. The molecule has 0 bridgehead atoms. The van der Waals surface area contributed by atoms with Gasteiger partial charge in [0.25, 0.3) is 11.6 Å². The van der Waals surface area contributed by atoms with Gasteiger partial charge in [-0.3, -0.25) is 14.9 Å². The van der Waals surface area contributed by atoms with Crippen molar-refractivity contribution < 1.29 is 14.1 Å². The van der Waals surface area contributed by atoms with E-state index in [0.717, 1.165) is 5.56 Å². The molecule has 1 N–H and O–H groups in total. The molecule has 0 saturated heterocycles. The van der Waals surface area contributed by atoms with Crippen LogP contribution < -0.4 is 5.32 Å². The summed E-state index contributed by atoms with van der Waals surface area (Å²) in [5, 5.41) is 18.2. The normalized spacial score (nSPS) is 15.7. The molecule has 1 amide bonds. The molecule has 1 atom stereocenters. The van der Waals surface area contributed by atoms with Gasteiger partial charge in [0, 0.05) is 22.3 Å². The minimum absolute atomic E-state index is 0.145. The van der Waals surface area contributed by atoms with Crippen LogP contribution in [0.25, 0.3) is 5.69 Å². The second-order valence-corrected chi connectivity index (χ2v) is 7.23. The molecular formula is C18H14FN5O3S. The summed E-state index contributed by atoms with van der Waals surface area (Å²) in [5.74, 6) is -0.0980. The molecule has 1 aliphatic rings. The Labute approximate surface area is 162 Å². The number of nitro groups is 1. The Morgan fingerprint density at radius 3 is 2.96 bits per heavy atom. The van der Waals surface area contributed by atoms with E-state index in [9.17, 15) is 19.3 Å². The predicted molar refractivity (Wildman–Crippen MR) is 100.0 cm³/mol. The number of hydrogen-bond acceptors (Lipinski definition) is 6. The van der Waals surface area contributed by atoms with E-state index >= 15 is 0 Å². The summed E-state index contributed by atoms with van der Waals surface area (Å²) in [4.78, 5) is 27.9. The van der Waals surface area contributed by atoms with Crippen molar-refractivity contribution in [2.75, 3.05) is 5.75 Å². The van der Waals surface area contributed by atoms with E-state index in [1.54, 1.807) is 12.1 Å². The maximum atomic E-state index is 14.0. The van der Waals surface area contributed by atoms with Crippen LogP contribution in [-0.4, -0.2) is 31.3 Å². The summed E-state index contributed by atoms with van der Waals surface area (Å²) in [5.41, 5.74) is 0.814. The second kappa shape index (κ2) is 7.39. The van der Waals surface area contributed by atoms with Crippen LogP contribution in [0.15, 0.2) is 53.9 Å². The number of benzene rings is 2. The highest BCUT2D eigenvalue weighted by atomic mass is 32.2. The molecule has 0 saturated carbocycles. The molecule has 0 spiro atoms. The molecule has 10 heteroatoms. The molecule has 0 fully saturated rings. The van der Waals surface area contributed by atoms with Crippen molar-refractivity contribution in [1.82, 2.24) is 20.1 Å². The maximum Gasteiger partial charge on any atom is 0.295 e. The van der Waals surface area contributed by atoms with Gasteiger partial charge in [0.2, 0.25) is 0 Å². The van der Waals surface area contributed by atoms with Crippen LogP contribution in [0.5, 0.6) is 0 Å². The third kappa shape index (κ3) is 3.33. The Balaban J connectivity index is 1.62. The number of thioether (sulfide) groups is 1. The van der Waals surface area contributed by atoms with Gasteiger partial charge in [-0.25, -0.2) is 14.1 Å². The number of amides is 1. The van der Waals surface area contributed by atoms with Gasteiger partial charge in [0.1, 0.15) is 24.2 Å². The maximum absolute atomic E-state index is 14.0. The molecule has 4 rings (SSSR count). The zero-order valence-electron chi connectivity index (χ0n) is 14.4. The first-order chi connectivity index (χ1) is 13.5. The van der Waals surface area contributed by atoms with Crippen molar-refractivity contribution >= 4 is 23.4 Å². The molecule has 0 aliphatic carbocycles. The summed E-state index contributed by atoms with van der Waals surface area (Å²) in [6, 6.07) is 8.57. The lowest BCUT2D eigenvalue weighted by atomic mass is 10.0. The quantitative estimate of drug-likeness (QED) is 0.533. The molecule has 2 aromatic carbocycles. The number of nitrogens with zero attached hydrogens (tertiary/aromatic N) is 4. The van der Waals surface area contributed by atoms with Crippen LogP contribution >= 0.6 is 11.8 Å². The van der Waals surface area contributed by atoms with E-state index in [1.807, 2.05) is 0 Å². The van der Waals surface area contributed by atoms with E-state index < -0.39 is 10.8 Å². The van der Waals surface area contributed by atoms with Gasteiger partial charge < -0.3 is 5.32 Å². The largest absolute Gasteiger partial charge is 0.345 e. The average molecular weight is 399 g/mol. The fourth-order valence-corrected chi connectivity index (χ4v) is 4.26. The molecule has 0 unspecified atom stereocenters. The number of nitro benzene ring substituents is 1. The first kappa shape index (κ1) is 18.1. The summed E-state index contributed by atoms with van der Waals surface area (Å²) in [6.07, 6.45) is 3.25. The number of carbonyl (C=O) groups excluding carboxylic acids is 1. The summed E-state index contributed by atoms with van der Waals surface area (Å²) >= 11 is 1.42. The fourth-order valence-electron chi connectivity index (χ4n) is 3.12. The SMILES string of the molecule is O=C(N[C@H]1CCSc2c(F)cccc21)c1ccc(-n2cncn2)c([N+](=O)[O-])c1. The minimum atomic E-state index is -0.574. The smallest absolute Gasteiger partial charge is 0.295 e. The zero-order chi connectivity index (χ0) is 19.7. The van der Waals surface area contributed by atoms with Crippen molar-refractivity contribution in [2.24, 2.45) is 0 Å². The van der Waals surface area contributed by atoms with Gasteiger partial charge in [-0.05, 0) is 30.2 Å². The van der Waals surface area contributed by atoms with Crippen LogP contribution in [-0.2, 0) is 0 Å². The molecule has 1 aromatic heterocycles. The lowest BCUT2D eigenvalue weighted by Gasteiger charge is -2.26. The second-order valence-electron chi connectivity index (χ2n) is 6.12. The van der Waals surface area contributed by atoms with Crippen molar-refractivity contribution in [3.63, 3.8) is 0 Å². The Kier molecular flexibility index (Phi) is 4.78. The van der Waals surface area contributed by atoms with Gasteiger partial charge in [0.15, 0.2) is 0 Å². The third-order valence-corrected chi connectivity index (χ3v) is 5.59. The zero-order valence-corrected chi connectivity index (χ0v) is 15.2. The number of nitrogens with one attached hydrogen (secondary N) is 1. The highest BCUT2D eigenvalue weighted by molar-refractivity contribution is 7.99. The van der Waals surface area contributed by atoms with E-state index in [-0.39, 0.29) is 28.8 Å². The first-order valence-corrected chi connectivity index (χ1v) is 9.38. The van der Waals surface area contributed by atoms with Crippen LogP contribution in [0.4, 0.5) is 10.1 Å². The topological polar surface area (TPSA) is 103 Å². The molecule has 3 aromatic rings. The monoisotopic (exact) mass is 399 g/mol. The summed E-state index contributed by atoms with van der Waals surface area (Å²) in [7, 11) is 0. The van der Waals surface area contributed by atoms with Crippen LogP contribution in [0.2, 0.25) is 0 Å². The molecule has 142 valence electrons. The van der Waals surface area contributed by atoms with E-state index in [4.69, 9.17) is 0 Å². The summed E-state index contributed by atoms with van der Waals surface area (Å²) < 4.78 is 15.3. The van der Waals surface area contributed by atoms with E-state index in [1.165, 1.54) is 53.4 Å². The van der Waals surface area contributed by atoms with E-state index in [2.05, 4.69) is 15.4 Å². The minimum Gasteiger partial charge on any atom is -0.345 e. The number of halogens is 1. The number of fused-ring (bicyclic) bond motifs is 1. The highest BCUT2D eigenvalue weighted by Gasteiger charge is 2.26. The number of carbonyl (C=O) groups is 1. The predicted octanol–water partition coefficient (Wildman–Crippen LogP) is 3.28. The fraction of sp³-hybridized carbons (Fsp3) is 0.167. The molecule has 2 heterocycles. The molecule has 28 heavy (non-hydrogen) atoms. The summed E-state index contributed by atoms with van der Waals surface area (Å²) in [6.45, 7) is 0. The lowest BCUT2D eigenvalue weighted by Crippen LogP contribution is -2.31. The molecule has 0 radical (unpaired) electrons. The average Bonchev–Trinajstić information content (AvgIpc) is 3.23. The van der Waals surface area contributed by atoms with Crippen molar-refractivity contribution in [2.45, 2.75) is 17.4 Å². The van der Waals surface area contributed by atoms with Crippen molar-refractivity contribution in [3.8, 4) is 5.69 Å². The molecular weight excluding hydrogens is 385 g/mol. The molecule has 8 nitrogen and oxygen atoms in total. The Hall–Kier alpha value is -3.27. The number of aromatic nitrogens is 3. The van der Waals surface area contributed by atoms with Crippen LogP contribution in [0.1, 0.15) is 28.4 Å².